The Labute approximate surface area is 121 Å². The Bertz CT molecular complexity index is 729. The Hall–Kier alpha value is -2.41. The van der Waals surface area contributed by atoms with Gasteiger partial charge in [0, 0.05) is 30.4 Å². The molecule has 3 aromatic rings. The fourth-order valence-corrected chi connectivity index (χ4v) is 2.80. The van der Waals surface area contributed by atoms with Gasteiger partial charge in [0.2, 0.25) is 6.39 Å². The lowest BCUT2D eigenvalue weighted by atomic mass is 10.1. The van der Waals surface area contributed by atoms with Gasteiger partial charge in [-0.3, -0.25) is 0 Å². The lowest BCUT2D eigenvalue weighted by Crippen LogP contribution is -2.38. The normalized spacial score (nSPS) is 19.0. The highest BCUT2D eigenvalue weighted by atomic mass is 16.4. The molecule has 1 aliphatic rings. The number of aromatic nitrogens is 4. The maximum Gasteiger partial charge on any atom is 0.251 e. The van der Waals surface area contributed by atoms with Crippen LogP contribution >= 0.6 is 0 Å². The van der Waals surface area contributed by atoms with Crippen molar-refractivity contribution in [2.45, 2.75) is 18.9 Å². The third-order valence-corrected chi connectivity index (χ3v) is 3.82. The topological polar surface area (TPSA) is 91.7 Å². The van der Waals surface area contributed by atoms with E-state index in [4.69, 9.17) is 4.42 Å². The summed E-state index contributed by atoms with van der Waals surface area (Å²) in [4.78, 5) is 7.55. The Morgan fingerprint density at radius 1 is 1.38 bits per heavy atom. The summed E-state index contributed by atoms with van der Waals surface area (Å²) in [7, 11) is 0. The zero-order valence-electron chi connectivity index (χ0n) is 11.5. The second-order valence-electron chi connectivity index (χ2n) is 5.22. The second-order valence-corrected chi connectivity index (χ2v) is 5.22. The highest BCUT2D eigenvalue weighted by molar-refractivity contribution is 5.96. The third-order valence-electron chi connectivity index (χ3n) is 3.82. The van der Waals surface area contributed by atoms with Crippen molar-refractivity contribution in [3.63, 3.8) is 0 Å². The van der Waals surface area contributed by atoms with E-state index in [0.717, 1.165) is 41.8 Å². The van der Waals surface area contributed by atoms with Gasteiger partial charge in [-0.2, -0.15) is 0 Å². The van der Waals surface area contributed by atoms with Crippen molar-refractivity contribution >= 4 is 16.7 Å². The number of hydrogen-bond acceptors (Lipinski definition) is 6. The van der Waals surface area contributed by atoms with Gasteiger partial charge in [-0.1, -0.05) is 0 Å². The molecule has 0 unspecified atom stereocenters. The van der Waals surface area contributed by atoms with Crippen molar-refractivity contribution < 1.29 is 4.42 Å². The molecule has 1 aliphatic heterocycles. The van der Waals surface area contributed by atoms with Crippen LogP contribution in [0.5, 0.6) is 0 Å². The van der Waals surface area contributed by atoms with Crippen LogP contribution in [0.4, 0.5) is 5.69 Å². The highest BCUT2D eigenvalue weighted by Gasteiger charge is 2.19. The van der Waals surface area contributed by atoms with E-state index in [1.165, 1.54) is 12.8 Å². The Morgan fingerprint density at radius 3 is 3.19 bits per heavy atom. The molecule has 0 radical (unpaired) electrons. The first-order chi connectivity index (χ1) is 10.4. The summed E-state index contributed by atoms with van der Waals surface area (Å²) in [5.74, 6) is 0.483. The Balaban J connectivity index is 1.79. The summed E-state index contributed by atoms with van der Waals surface area (Å²) in [6, 6.07) is 2.40. The van der Waals surface area contributed by atoms with E-state index in [-0.39, 0.29) is 0 Å². The summed E-state index contributed by atoms with van der Waals surface area (Å²) < 4.78 is 5.35. The van der Waals surface area contributed by atoms with Crippen molar-refractivity contribution in [3.8, 4) is 11.5 Å². The van der Waals surface area contributed by atoms with E-state index in [2.05, 4.69) is 30.8 Å². The number of anilines is 1. The Kier molecular flexibility index (Phi) is 3.04. The van der Waals surface area contributed by atoms with Crippen LogP contribution in [0.2, 0.25) is 0 Å². The standard InChI is InChI=1S/C14H16N6O/c1-2-9(6-15-4-1)19-12-10-3-5-16-13(10)17-7-11(12)14-20-18-8-21-14/h3,5,7-9,15H,1-2,4,6H2,(H2,16,17,19)/t9-/m1/s1. The predicted molar refractivity (Wildman–Crippen MR) is 78.9 cm³/mol. The molecule has 3 N–H and O–H groups in total. The number of fused-ring (bicyclic) bond motifs is 1. The molecule has 1 fully saturated rings. The summed E-state index contributed by atoms with van der Waals surface area (Å²) in [6.07, 6.45) is 7.31. The number of H-pyrrole nitrogens is 1. The van der Waals surface area contributed by atoms with Crippen LogP contribution in [0.15, 0.2) is 29.3 Å². The predicted octanol–water partition coefficient (Wildman–Crippen LogP) is 1.78. The SMILES string of the molecule is c1cc2c(N[C@@H]3CCCNC3)c(-c3nnco3)cnc2[nH]1. The van der Waals surface area contributed by atoms with Gasteiger partial charge >= 0.3 is 0 Å². The molecule has 21 heavy (non-hydrogen) atoms. The van der Waals surface area contributed by atoms with Gasteiger partial charge in [-0.15, -0.1) is 10.2 Å². The van der Waals surface area contributed by atoms with Crippen LogP contribution in [-0.4, -0.2) is 39.3 Å². The van der Waals surface area contributed by atoms with Gasteiger partial charge in [0.15, 0.2) is 0 Å². The molecule has 0 aromatic carbocycles. The minimum absolute atomic E-state index is 0.390. The molecule has 3 aromatic heterocycles. The number of nitrogens with one attached hydrogen (secondary N) is 3. The molecule has 7 heteroatoms. The molecule has 108 valence electrons. The van der Waals surface area contributed by atoms with E-state index in [9.17, 15) is 0 Å². The first kappa shape index (κ1) is 12.3. The maximum atomic E-state index is 5.35. The van der Waals surface area contributed by atoms with Crippen molar-refractivity contribution in [3.05, 3.63) is 24.9 Å². The molecule has 0 bridgehead atoms. The number of nitrogens with zero attached hydrogens (tertiary/aromatic N) is 3. The zero-order valence-corrected chi connectivity index (χ0v) is 11.5. The lowest BCUT2D eigenvalue weighted by Gasteiger charge is -2.25. The number of hydrogen-bond donors (Lipinski definition) is 3. The number of rotatable bonds is 3. The summed E-state index contributed by atoms with van der Waals surface area (Å²) in [6.45, 7) is 2.04. The fraction of sp³-hybridized carbons (Fsp3) is 0.357. The van der Waals surface area contributed by atoms with Gasteiger partial charge in [0.25, 0.3) is 5.89 Å². The van der Waals surface area contributed by atoms with E-state index >= 15 is 0 Å². The molecule has 0 spiro atoms. The third kappa shape index (κ3) is 2.25. The van der Waals surface area contributed by atoms with Crippen molar-refractivity contribution in [1.29, 1.82) is 0 Å². The van der Waals surface area contributed by atoms with Gasteiger partial charge in [-0.25, -0.2) is 4.98 Å². The van der Waals surface area contributed by atoms with Gasteiger partial charge in [0.1, 0.15) is 5.65 Å². The van der Waals surface area contributed by atoms with Crippen molar-refractivity contribution in [2.75, 3.05) is 18.4 Å². The van der Waals surface area contributed by atoms with Gasteiger partial charge < -0.3 is 20.0 Å². The van der Waals surface area contributed by atoms with Crippen LogP contribution in [0.25, 0.3) is 22.5 Å². The van der Waals surface area contributed by atoms with Crippen LogP contribution in [0, 0.1) is 0 Å². The molecule has 4 heterocycles. The van der Waals surface area contributed by atoms with E-state index in [1.807, 2.05) is 12.3 Å². The number of pyridine rings is 1. The molecule has 7 nitrogen and oxygen atoms in total. The molecule has 0 saturated carbocycles. The number of piperidine rings is 1. The Morgan fingerprint density at radius 2 is 2.38 bits per heavy atom. The van der Waals surface area contributed by atoms with Crippen LogP contribution < -0.4 is 10.6 Å². The average Bonchev–Trinajstić information content (AvgIpc) is 3.20. The minimum Gasteiger partial charge on any atom is -0.423 e. The molecule has 0 aliphatic carbocycles. The molecule has 0 amide bonds. The monoisotopic (exact) mass is 284 g/mol. The second kappa shape index (κ2) is 5.17. The van der Waals surface area contributed by atoms with Crippen LogP contribution in [0.1, 0.15) is 12.8 Å². The summed E-state index contributed by atoms with van der Waals surface area (Å²) >= 11 is 0. The minimum atomic E-state index is 0.390. The first-order valence-corrected chi connectivity index (χ1v) is 7.12. The fourth-order valence-electron chi connectivity index (χ4n) is 2.80. The lowest BCUT2D eigenvalue weighted by molar-refractivity contribution is 0.480. The van der Waals surface area contributed by atoms with Crippen molar-refractivity contribution in [2.24, 2.45) is 0 Å². The molecule has 4 rings (SSSR count). The first-order valence-electron chi connectivity index (χ1n) is 7.12. The maximum absolute atomic E-state index is 5.35. The van der Waals surface area contributed by atoms with Gasteiger partial charge in [-0.05, 0) is 25.5 Å². The van der Waals surface area contributed by atoms with E-state index < -0.39 is 0 Å². The van der Waals surface area contributed by atoms with Crippen LogP contribution in [0.3, 0.4) is 0 Å². The quantitative estimate of drug-likeness (QED) is 0.679. The molecule has 1 atom stereocenters. The molecular weight excluding hydrogens is 268 g/mol. The average molecular weight is 284 g/mol. The van der Waals surface area contributed by atoms with E-state index in [1.54, 1.807) is 6.20 Å². The van der Waals surface area contributed by atoms with Crippen LogP contribution in [-0.2, 0) is 0 Å². The molecular formula is C14H16N6O. The summed E-state index contributed by atoms with van der Waals surface area (Å²) in [5.41, 5.74) is 2.69. The van der Waals surface area contributed by atoms with Gasteiger partial charge in [0.05, 0.1) is 11.3 Å². The smallest absolute Gasteiger partial charge is 0.251 e. The molecule has 1 saturated heterocycles. The van der Waals surface area contributed by atoms with E-state index in [0.29, 0.717) is 11.9 Å². The number of aromatic amines is 1. The summed E-state index contributed by atoms with van der Waals surface area (Å²) in [5, 5.41) is 15.8. The zero-order chi connectivity index (χ0) is 14.1. The van der Waals surface area contributed by atoms with Crippen molar-refractivity contribution in [1.82, 2.24) is 25.5 Å². The highest BCUT2D eigenvalue weighted by Crippen LogP contribution is 2.33. The largest absolute Gasteiger partial charge is 0.423 e.